The maximum atomic E-state index is 7.34. The van der Waals surface area contributed by atoms with Crippen molar-refractivity contribution >= 4 is 67.8 Å². The third-order valence-corrected chi connectivity index (χ3v) is 4.37. The Morgan fingerprint density at radius 3 is 1.82 bits per heavy atom. The van der Waals surface area contributed by atoms with Gasteiger partial charge in [-0.1, -0.05) is 62.5 Å². The fraction of sp³-hybridized carbons (Fsp3) is 0.429. The largest absolute Gasteiger partial charge is 0.379 e. The molecule has 0 aliphatic rings. The molecule has 1 rings (SSSR count). The predicted molar refractivity (Wildman–Crippen MR) is 112 cm³/mol. The van der Waals surface area contributed by atoms with Crippen LogP contribution in [0.1, 0.15) is 37.5 Å². The van der Waals surface area contributed by atoms with Crippen molar-refractivity contribution in [2.24, 2.45) is 11.5 Å². The first kappa shape index (κ1) is 24.1. The standard InChI is InChI=1S/C14H22N4S2.2BrH/c1-14(2,3)11-5-4-9(7-19-12(15)16)10(6-11)8-20-13(17)18;;/h4-6H,7-8H2,1-3H3,(H3,15,16)(H3,17,18);2*1H. The van der Waals surface area contributed by atoms with E-state index in [-0.39, 0.29) is 49.7 Å². The van der Waals surface area contributed by atoms with E-state index in [0.29, 0.717) is 11.5 Å². The van der Waals surface area contributed by atoms with E-state index in [1.54, 1.807) is 0 Å². The van der Waals surface area contributed by atoms with Crippen LogP contribution in [0, 0.1) is 10.8 Å². The first-order chi connectivity index (χ1) is 9.20. The van der Waals surface area contributed by atoms with Gasteiger partial charge in [0.1, 0.15) is 0 Å². The van der Waals surface area contributed by atoms with Gasteiger partial charge in [0.25, 0.3) is 0 Å². The second-order valence-electron chi connectivity index (χ2n) is 5.54. The van der Waals surface area contributed by atoms with Crippen LogP contribution in [0.25, 0.3) is 0 Å². The van der Waals surface area contributed by atoms with Gasteiger partial charge in [0.2, 0.25) is 0 Å². The van der Waals surface area contributed by atoms with Crippen molar-refractivity contribution in [1.29, 1.82) is 10.8 Å². The molecule has 0 bridgehead atoms. The third kappa shape index (κ3) is 8.45. The molecule has 8 heteroatoms. The Morgan fingerprint density at radius 2 is 1.41 bits per heavy atom. The van der Waals surface area contributed by atoms with Crippen LogP contribution in [0.4, 0.5) is 0 Å². The van der Waals surface area contributed by atoms with E-state index in [2.05, 4.69) is 39.0 Å². The Balaban J connectivity index is 0. The quantitative estimate of drug-likeness (QED) is 0.386. The molecular weight excluding hydrogens is 448 g/mol. The van der Waals surface area contributed by atoms with Gasteiger partial charge in [0.15, 0.2) is 10.3 Å². The Hall–Kier alpha value is -0.180. The molecule has 1 aromatic carbocycles. The number of halogens is 2. The van der Waals surface area contributed by atoms with Crippen molar-refractivity contribution in [3.63, 3.8) is 0 Å². The molecule has 0 spiro atoms. The summed E-state index contributed by atoms with van der Waals surface area (Å²) in [5.41, 5.74) is 14.5. The molecule has 0 heterocycles. The summed E-state index contributed by atoms with van der Waals surface area (Å²) in [6.07, 6.45) is 0. The molecule has 0 unspecified atom stereocenters. The highest BCUT2D eigenvalue weighted by Crippen LogP contribution is 2.28. The molecule has 22 heavy (non-hydrogen) atoms. The lowest BCUT2D eigenvalue weighted by Gasteiger charge is -2.21. The third-order valence-electron chi connectivity index (χ3n) is 2.84. The zero-order chi connectivity index (χ0) is 15.3. The van der Waals surface area contributed by atoms with E-state index in [4.69, 9.17) is 22.3 Å². The van der Waals surface area contributed by atoms with Gasteiger partial charge in [-0.15, -0.1) is 34.0 Å². The summed E-state index contributed by atoms with van der Waals surface area (Å²) in [6, 6.07) is 6.39. The maximum Gasteiger partial charge on any atom is 0.151 e. The number of amidine groups is 2. The van der Waals surface area contributed by atoms with Crippen molar-refractivity contribution in [2.45, 2.75) is 37.7 Å². The lowest BCUT2D eigenvalue weighted by atomic mass is 9.85. The molecule has 6 N–H and O–H groups in total. The smallest absolute Gasteiger partial charge is 0.151 e. The minimum Gasteiger partial charge on any atom is -0.379 e. The molecule has 0 aliphatic carbocycles. The Kier molecular flexibility index (Phi) is 11.6. The first-order valence-electron chi connectivity index (χ1n) is 6.26. The van der Waals surface area contributed by atoms with Crippen LogP contribution >= 0.6 is 57.5 Å². The lowest BCUT2D eigenvalue weighted by molar-refractivity contribution is 0.589. The van der Waals surface area contributed by atoms with Crippen LogP contribution in [0.5, 0.6) is 0 Å². The molecule has 0 fully saturated rings. The van der Waals surface area contributed by atoms with Crippen LogP contribution < -0.4 is 11.5 Å². The summed E-state index contributed by atoms with van der Waals surface area (Å²) in [7, 11) is 0. The van der Waals surface area contributed by atoms with Crippen LogP contribution in [-0.2, 0) is 16.9 Å². The van der Waals surface area contributed by atoms with Gasteiger partial charge in [-0.3, -0.25) is 10.8 Å². The highest BCUT2D eigenvalue weighted by molar-refractivity contribution is 8.93. The average molecular weight is 472 g/mol. The van der Waals surface area contributed by atoms with Gasteiger partial charge in [-0.05, 0) is 22.1 Å². The Morgan fingerprint density at radius 1 is 0.955 bits per heavy atom. The minimum absolute atomic E-state index is 0. The maximum absolute atomic E-state index is 7.34. The van der Waals surface area contributed by atoms with Gasteiger partial charge in [-0.2, -0.15) is 0 Å². The van der Waals surface area contributed by atoms with E-state index in [1.165, 1.54) is 29.1 Å². The van der Waals surface area contributed by atoms with Crippen molar-refractivity contribution < 1.29 is 0 Å². The van der Waals surface area contributed by atoms with Crippen molar-refractivity contribution in [2.75, 3.05) is 0 Å². The van der Waals surface area contributed by atoms with Crippen LogP contribution in [-0.4, -0.2) is 10.3 Å². The van der Waals surface area contributed by atoms with Crippen LogP contribution in [0.3, 0.4) is 0 Å². The number of thioether (sulfide) groups is 2. The minimum atomic E-state index is 0. The number of nitrogens with one attached hydrogen (secondary N) is 2. The molecule has 0 amide bonds. The fourth-order valence-corrected chi connectivity index (χ4v) is 2.85. The molecule has 0 saturated heterocycles. The summed E-state index contributed by atoms with van der Waals surface area (Å²) in [6.45, 7) is 6.52. The lowest BCUT2D eigenvalue weighted by Crippen LogP contribution is -2.12. The van der Waals surface area contributed by atoms with Crippen molar-refractivity contribution in [3.8, 4) is 0 Å². The number of hydrogen-bond acceptors (Lipinski definition) is 4. The van der Waals surface area contributed by atoms with E-state index in [0.717, 1.165) is 11.1 Å². The van der Waals surface area contributed by atoms with Crippen molar-refractivity contribution in [1.82, 2.24) is 0 Å². The van der Waals surface area contributed by atoms with E-state index < -0.39 is 0 Å². The summed E-state index contributed by atoms with van der Waals surface area (Å²) < 4.78 is 0. The van der Waals surface area contributed by atoms with E-state index in [9.17, 15) is 0 Å². The number of rotatable bonds is 4. The van der Waals surface area contributed by atoms with Crippen LogP contribution in [0.2, 0.25) is 0 Å². The SMILES string of the molecule is Br.Br.CC(C)(C)c1ccc(CSC(=N)N)c(CSC(=N)N)c1. The number of hydrogen-bond donors (Lipinski definition) is 4. The molecule has 4 nitrogen and oxygen atoms in total. The molecule has 0 aromatic heterocycles. The highest BCUT2D eigenvalue weighted by atomic mass is 79.9. The second-order valence-corrected chi connectivity index (χ2v) is 7.57. The molecule has 0 radical (unpaired) electrons. The van der Waals surface area contributed by atoms with Gasteiger partial charge < -0.3 is 11.5 Å². The molecule has 0 atom stereocenters. The van der Waals surface area contributed by atoms with Crippen LogP contribution in [0.15, 0.2) is 18.2 Å². The van der Waals surface area contributed by atoms with Gasteiger partial charge in [0, 0.05) is 11.5 Å². The fourth-order valence-electron chi connectivity index (χ4n) is 1.68. The molecular formula is C14H24Br2N4S2. The molecule has 0 saturated carbocycles. The van der Waals surface area contributed by atoms with Gasteiger partial charge >= 0.3 is 0 Å². The summed E-state index contributed by atoms with van der Waals surface area (Å²) in [5.74, 6) is 1.35. The number of nitrogens with two attached hydrogens (primary N) is 2. The van der Waals surface area contributed by atoms with Crippen molar-refractivity contribution in [3.05, 3.63) is 34.9 Å². The average Bonchev–Trinajstić information content (AvgIpc) is 2.32. The summed E-state index contributed by atoms with van der Waals surface area (Å²) >= 11 is 2.63. The highest BCUT2D eigenvalue weighted by Gasteiger charge is 2.16. The normalized spacial score (nSPS) is 10.3. The van der Waals surface area contributed by atoms with E-state index >= 15 is 0 Å². The zero-order valence-electron chi connectivity index (χ0n) is 12.9. The summed E-state index contributed by atoms with van der Waals surface area (Å²) in [5, 5.41) is 14.9. The Labute approximate surface area is 162 Å². The first-order valence-corrected chi connectivity index (χ1v) is 8.23. The summed E-state index contributed by atoms with van der Waals surface area (Å²) in [4.78, 5) is 0. The molecule has 1 aromatic rings. The van der Waals surface area contributed by atoms with Gasteiger partial charge in [0.05, 0.1) is 0 Å². The number of benzene rings is 1. The zero-order valence-corrected chi connectivity index (χ0v) is 18.0. The second kappa shape index (κ2) is 10.6. The molecule has 126 valence electrons. The molecule has 0 aliphatic heterocycles. The topological polar surface area (TPSA) is 99.7 Å². The Bertz CT molecular complexity index is 516. The van der Waals surface area contributed by atoms with E-state index in [1.807, 2.05) is 0 Å². The van der Waals surface area contributed by atoms with Gasteiger partial charge in [-0.25, -0.2) is 0 Å². The monoisotopic (exact) mass is 470 g/mol. The predicted octanol–water partition coefficient (Wildman–Crippen LogP) is 4.39.